The highest BCUT2D eigenvalue weighted by Gasteiger charge is 2.30. The third kappa shape index (κ3) is 3.46. The first-order valence-corrected chi connectivity index (χ1v) is 9.76. The lowest BCUT2D eigenvalue weighted by molar-refractivity contribution is 0.317. The van der Waals surface area contributed by atoms with Crippen LogP contribution in [0, 0.1) is 5.92 Å². The van der Waals surface area contributed by atoms with E-state index in [1.807, 2.05) is 12.3 Å². The minimum absolute atomic E-state index is 0.348. The maximum Gasteiger partial charge on any atom is 0.115 e. The molecule has 0 amide bonds. The average molecular weight is 339 g/mol. The van der Waals surface area contributed by atoms with Gasteiger partial charge in [0.25, 0.3) is 0 Å². The zero-order chi connectivity index (χ0) is 18.0. The van der Waals surface area contributed by atoms with Crippen LogP contribution in [0.25, 0.3) is 22.4 Å². The molecule has 2 aromatic carbocycles. The molecule has 26 heavy (non-hydrogen) atoms. The SMILES string of the molecule is BC1(c2ccc(-c3ccc(-c4ccccc4)nc3)cc2)CCC(C)CC1. The lowest BCUT2D eigenvalue weighted by Gasteiger charge is -2.37. The molecule has 0 aliphatic heterocycles. The molecule has 4 rings (SSSR count). The molecule has 0 atom stereocenters. The summed E-state index contributed by atoms with van der Waals surface area (Å²) in [5.41, 5.74) is 6.10. The van der Waals surface area contributed by atoms with Gasteiger partial charge in [0.1, 0.15) is 7.85 Å². The Morgan fingerprint density at radius 2 is 1.46 bits per heavy atom. The molecule has 1 fully saturated rings. The second kappa shape index (κ2) is 7.11. The molecule has 1 aliphatic carbocycles. The Kier molecular flexibility index (Phi) is 4.67. The molecular formula is C24H26BN. The second-order valence-electron chi connectivity index (χ2n) is 8.12. The summed E-state index contributed by atoms with van der Waals surface area (Å²) in [4.78, 5) is 4.66. The van der Waals surface area contributed by atoms with Crippen LogP contribution >= 0.6 is 0 Å². The van der Waals surface area contributed by atoms with Crippen LogP contribution in [0.3, 0.4) is 0 Å². The Labute approximate surface area is 157 Å². The van der Waals surface area contributed by atoms with Crippen molar-refractivity contribution in [1.29, 1.82) is 0 Å². The van der Waals surface area contributed by atoms with Crippen molar-refractivity contribution in [3.63, 3.8) is 0 Å². The Morgan fingerprint density at radius 3 is 2.08 bits per heavy atom. The topological polar surface area (TPSA) is 12.9 Å². The summed E-state index contributed by atoms with van der Waals surface area (Å²) < 4.78 is 0. The summed E-state index contributed by atoms with van der Waals surface area (Å²) in [5.74, 6) is 0.886. The average Bonchev–Trinajstić information content (AvgIpc) is 2.71. The van der Waals surface area contributed by atoms with Crippen LogP contribution in [0.5, 0.6) is 0 Å². The lowest BCUT2D eigenvalue weighted by Crippen LogP contribution is -2.31. The van der Waals surface area contributed by atoms with Crippen LogP contribution in [-0.2, 0) is 5.31 Å². The van der Waals surface area contributed by atoms with Crippen LogP contribution in [-0.4, -0.2) is 12.8 Å². The molecule has 1 aliphatic rings. The highest BCUT2D eigenvalue weighted by Crippen LogP contribution is 2.39. The van der Waals surface area contributed by atoms with E-state index in [0.717, 1.165) is 17.2 Å². The molecule has 0 saturated heterocycles. The van der Waals surface area contributed by atoms with Gasteiger partial charge in [-0.15, -0.1) is 0 Å². The zero-order valence-electron chi connectivity index (χ0n) is 15.8. The van der Waals surface area contributed by atoms with E-state index >= 15 is 0 Å². The van der Waals surface area contributed by atoms with Gasteiger partial charge in [-0.1, -0.05) is 93.3 Å². The number of nitrogens with zero attached hydrogens (tertiary/aromatic N) is 1. The molecule has 1 saturated carbocycles. The fraction of sp³-hybridized carbons (Fsp3) is 0.292. The van der Waals surface area contributed by atoms with Crippen molar-refractivity contribution >= 4 is 7.85 Å². The van der Waals surface area contributed by atoms with Gasteiger partial charge in [-0.05, 0) is 28.4 Å². The largest absolute Gasteiger partial charge is 0.256 e. The third-order valence-electron chi connectivity index (χ3n) is 6.13. The standard InChI is InChI=1S/C24H26BN/c1-18-13-15-24(25,16-14-18)22-10-7-19(8-11-22)21-9-12-23(26-17-21)20-5-3-2-4-6-20/h2-12,17-18H,13-16,25H2,1H3. The van der Waals surface area contributed by atoms with Crippen LogP contribution < -0.4 is 0 Å². The number of hydrogen-bond donors (Lipinski definition) is 0. The van der Waals surface area contributed by atoms with E-state index in [2.05, 4.69) is 80.4 Å². The van der Waals surface area contributed by atoms with Crippen LogP contribution in [0.1, 0.15) is 38.2 Å². The minimum atomic E-state index is 0.348. The predicted octanol–water partition coefficient (Wildman–Crippen LogP) is 5.45. The van der Waals surface area contributed by atoms with Gasteiger partial charge in [0, 0.05) is 17.3 Å². The molecule has 0 spiro atoms. The number of benzene rings is 2. The molecule has 3 aromatic rings. The summed E-state index contributed by atoms with van der Waals surface area (Å²) >= 11 is 0. The zero-order valence-corrected chi connectivity index (χ0v) is 15.8. The molecule has 0 unspecified atom stereocenters. The molecule has 0 bridgehead atoms. The second-order valence-corrected chi connectivity index (χ2v) is 8.12. The van der Waals surface area contributed by atoms with Gasteiger partial charge < -0.3 is 0 Å². The molecule has 130 valence electrons. The van der Waals surface area contributed by atoms with Crippen molar-refractivity contribution in [2.45, 2.75) is 37.9 Å². The summed E-state index contributed by atoms with van der Waals surface area (Å²) in [6, 6.07) is 23.8. The van der Waals surface area contributed by atoms with Gasteiger partial charge in [0.2, 0.25) is 0 Å². The first-order valence-electron chi connectivity index (χ1n) is 9.76. The van der Waals surface area contributed by atoms with Crippen molar-refractivity contribution in [1.82, 2.24) is 4.98 Å². The van der Waals surface area contributed by atoms with E-state index in [1.165, 1.54) is 42.4 Å². The van der Waals surface area contributed by atoms with Crippen molar-refractivity contribution in [3.05, 3.63) is 78.5 Å². The van der Waals surface area contributed by atoms with E-state index < -0.39 is 0 Å². The predicted molar refractivity (Wildman–Crippen MR) is 113 cm³/mol. The van der Waals surface area contributed by atoms with Crippen LogP contribution in [0.15, 0.2) is 72.9 Å². The number of aromatic nitrogens is 1. The molecule has 0 N–H and O–H groups in total. The van der Waals surface area contributed by atoms with Crippen LogP contribution in [0.2, 0.25) is 0 Å². The molecule has 0 radical (unpaired) electrons. The van der Waals surface area contributed by atoms with Gasteiger partial charge in [0.15, 0.2) is 0 Å². The summed E-state index contributed by atoms with van der Waals surface area (Å²) in [7, 11) is 2.43. The van der Waals surface area contributed by atoms with Crippen LogP contribution in [0.4, 0.5) is 0 Å². The van der Waals surface area contributed by atoms with Gasteiger partial charge in [-0.2, -0.15) is 0 Å². The maximum atomic E-state index is 4.66. The summed E-state index contributed by atoms with van der Waals surface area (Å²) in [5, 5.41) is 0.348. The number of hydrogen-bond acceptors (Lipinski definition) is 1. The van der Waals surface area contributed by atoms with E-state index in [4.69, 9.17) is 0 Å². The molecule has 2 heteroatoms. The first kappa shape index (κ1) is 17.1. The minimum Gasteiger partial charge on any atom is -0.256 e. The van der Waals surface area contributed by atoms with Gasteiger partial charge in [0.05, 0.1) is 5.69 Å². The third-order valence-corrected chi connectivity index (χ3v) is 6.13. The van der Waals surface area contributed by atoms with E-state index in [1.54, 1.807) is 0 Å². The Balaban J connectivity index is 1.54. The summed E-state index contributed by atoms with van der Waals surface area (Å²) in [6.07, 6.45) is 7.30. The Bertz CT molecular complexity index is 845. The first-order chi connectivity index (χ1) is 12.6. The van der Waals surface area contributed by atoms with Crippen molar-refractivity contribution in [3.8, 4) is 22.4 Å². The van der Waals surface area contributed by atoms with Gasteiger partial charge in [-0.25, -0.2) is 0 Å². The normalized spacial score (nSPS) is 22.9. The van der Waals surface area contributed by atoms with E-state index in [-0.39, 0.29) is 0 Å². The molecule has 1 nitrogen and oxygen atoms in total. The maximum absolute atomic E-state index is 4.66. The van der Waals surface area contributed by atoms with Crippen molar-refractivity contribution in [2.24, 2.45) is 5.92 Å². The fourth-order valence-electron chi connectivity index (χ4n) is 4.10. The van der Waals surface area contributed by atoms with Gasteiger partial charge in [-0.3, -0.25) is 4.98 Å². The molecular weight excluding hydrogens is 313 g/mol. The van der Waals surface area contributed by atoms with Crippen molar-refractivity contribution in [2.75, 3.05) is 0 Å². The fourth-order valence-corrected chi connectivity index (χ4v) is 4.10. The highest BCUT2D eigenvalue weighted by atomic mass is 14.7. The quantitative estimate of drug-likeness (QED) is 0.578. The lowest BCUT2D eigenvalue weighted by atomic mass is 9.55. The van der Waals surface area contributed by atoms with Crippen molar-refractivity contribution < 1.29 is 0 Å². The monoisotopic (exact) mass is 339 g/mol. The van der Waals surface area contributed by atoms with E-state index in [9.17, 15) is 0 Å². The number of pyridine rings is 1. The molecule has 1 aromatic heterocycles. The summed E-state index contributed by atoms with van der Waals surface area (Å²) in [6.45, 7) is 2.38. The van der Waals surface area contributed by atoms with E-state index in [0.29, 0.717) is 5.31 Å². The Morgan fingerprint density at radius 1 is 0.808 bits per heavy atom. The molecule has 1 heterocycles. The van der Waals surface area contributed by atoms with Gasteiger partial charge >= 0.3 is 0 Å². The smallest absolute Gasteiger partial charge is 0.115 e. The highest BCUT2D eigenvalue weighted by molar-refractivity contribution is 6.16. The Hall–Kier alpha value is -2.35. The number of rotatable bonds is 3.